The molecule has 1 aromatic heterocycles. The zero-order valence-electron chi connectivity index (χ0n) is 12.1. The second-order valence-electron chi connectivity index (χ2n) is 5.49. The molecule has 0 radical (unpaired) electrons. The molecule has 2 rings (SSSR count). The van der Waals surface area contributed by atoms with Gasteiger partial charge < -0.3 is 4.90 Å². The number of nitrogens with one attached hydrogen (secondary N) is 1. The van der Waals surface area contributed by atoms with Gasteiger partial charge in [-0.1, -0.05) is 26.7 Å². The number of hydrogen-bond donors (Lipinski definition) is 1. The van der Waals surface area contributed by atoms with Crippen LogP contribution in [-0.2, 0) is 6.42 Å². The largest absolute Gasteiger partial charge is 0.339 e. The molecule has 0 bridgehead atoms. The maximum Gasteiger partial charge on any atom is 0.257 e. The molecule has 0 spiro atoms. The Labute approximate surface area is 115 Å². The van der Waals surface area contributed by atoms with Crippen LogP contribution < -0.4 is 0 Å². The lowest BCUT2D eigenvalue weighted by atomic mass is 9.96. The van der Waals surface area contributed by atoms with Gasteiger partial charge in [0.25, 0.3) is 5.91 Å². The molecular formula is C15H25N3O. The number of aromatic nitrogens is 2. The van der Waals surface area contributed by atoms with Crippen molar-refractivity contribution in [1.82, 2.24) is 15.1 Å². The van der Waals surface area contributed by atoms with E-state index in [4.69, 9.17) is 0 Å². The van der Waals surface area contributed by atoms with Crippen molar-refractivity contribution in [2.75, 3.05) is 13.1 Å². The minimum Gasteiger partial charge on any atom is -0.339 e. The standard InChI is InChI=1S/C15H25N3O/c1-3-6-12-7-5-9-18(10-8-12)15(19)13-11-16-17-14(13)4-2/h11-12H,3-10H2,1-2H3,(H,16,17)/t12-/m0/s1. The van der Waals surface area contributed by atoms with E-state index in [0.717, 1.165) is 49.5 Å². The average Bonchev–Trinajstić information content (AvgIpc) is 2.78. The molecule has 106 valence electrons. The van der Waals surface area contributed by atoms with Crippen LogP contribution in [-0.4, -0.2) is 34.1 Å². The first-order valence-corrected chi connectivity index (χ1v) is 7.57. The Morgan fingerprint density at radius 3 is 3.00 bits per heavy atom. The van der Waals surface area contributed by atoms with Gasteiger partial charge in [0, 0.05) is 18.8 Å². The third-order valence-electron chi connectivity index (χ3n) is 4.13. The molecule has 19 heavy (non-hydrogen) atoms. The quantitative estimate of drug-likeness (QED) is 0.907. The van der Waals surface area contributed by atoms with Crippen LogP contribution >= 0.6 is 0 Å². The molecular weight excluding hydrogens is 238 g/mol. The maximum atomic E-state index is 12.5. The Kier molecular flexibility index (Phi) is 5.00. The summed E-state index contributed by atoms with van der Waals surface area (Å²) in [6.07, 6.45) is 8.61. The fourth-order valence-electron chi connectivity index (χ4n) is 3.00. The van der Waals surface area contributed by atoms with E-state index in [9.17, 15) is 4.79 Å². The van der Waals surface area contributed by atoms with Gasteiger partial charge in [-0.25, -0.2) is 0 Å². The molecule has 4 nitrogen and oxygen atoms in total. The van der Waals surface area contributed by atoms with Crippen molar-refractivity contribution in [3.8, 4) is 0 Å². The smallest absolute Gasteiger partial charge is 0.257 e. The number of aryl methyl sites for hydroxylation is 1. The summed E-state index contributed by atoms with van der Waals surface area (Å²) in [6.45, 7) is 6.09. The SMILES string of the molecule is CCC[C@H]1CCCN(C(=O)c2cn[nH]c2CC)CC1. The Morgan fingerprint density at radius 1 is 1.42 bits per heavy atom. The summed E-state index contributed by atoms with van der Waals surface area (Å²) in [5.74, 6) is 0.959. The van der Waals surface area contributed by atoms with Gasteiger partial charge >= 0.3 is 0 Å². The van der Waals surface area contributed by atoms with Crippen LogP contribution in [0.2, 0.25) is 0 Å². The number of aromatic amines is 1. The first kappa shape index (κ1) is 14.1. The highest BCUT2D eigenvalue weighted by Gasteiger charge is 2.23. The van der Waals surface area contributed by atoms with Gasteiger partial charge in [-0.3, -0.25) is 9.89 Å². The lowest BCUT2D eigenvalue weighted by Gasteiger charge is -2.20. The van der Waals surface area contributed by atoms with Gasteiger partial charge in [0.2, 0.25) is 0 Å². The van der Waals surface area contributed by atoms with E-state index < -0.39 is 0 Å². The van der Waals surface area contributed by atoms with Crippen LogP contribution in [0.5, 0.6) is 0 Å². The van der Waals surface area contributed by atoms with Crippen molar-refractivity contribution in [1.29, 1.82) is 0 Å². The normalized spacial score (nSPS) is 20.3. The van der Waals surface area contributed by atoms with Crippen LogP contribution in [0.1, 0.15) is 62.0 Å². The number of rotatable bonds is 4. The van der Waals surface area contributed by atoms with Crippen LogP contribution in [0.4, 0.5) is 0 Å². The summed E-state index contributed by atoms with van der Waals surface area (Å²) in [6, 6.07) is 0. The first-order chi connectivity index (χ1) is 9.26. The number of H-pyrrole nitrogens is 1. The van der Waals surface area contributed by atoms with E-state index in [0.29, 0.717) is 0 Å². The monoisotopic (exact) mass is 263 g/mol. The summed E-state index contributed by atoms with van der Waals surface area (Å²) < 4.78 is 0. The molecule has 0 saturated carbocycles. The van der Waals surface area contributed by atoms with Gasteiger partial charge in [-0.05, 0) is 31.6 Å². The van der Waals surface area contributed by atoms with Gasteiger partial charge in [0.15, 0.2) is 0 Å². The first-order valence-electron chi connectivity index (χ1n) is 7.57. The molecule has 1 atom stereocenters. The molecule has 1 N–H and O–H groups in total. The molecule has 0 aromatic carbocycles. The number of hydrogen-bond acceptors (Lipinski definition) is 2. The predicted octanol–water partition coefficient (Wildman–Crippen LogP) is 3.01. The summed E-state index contributed by atoms with van der Waals surface area (Å²) in [4.78, 5) is 14.5. The lowest BCUT2D eigenvalue weighted by molar-refractivity contribution is 0.0759. The highest BCUT2D eigenvalue weighted by atomic mass is 16.2. The lowest BCUT2D eigenvalue weighted by Crippen LogP contribution is -2.32. The second kappa shape index (κ2) is 6.73. The van der Waals surface area contributed by atoms with Gasteiger partial charge in [-0.15, -0.1) is 0 Å². The predicted molar refractivity (Wildman–Crippen MR) is 76.1 cm³/mol. The number of amides is 1. The molecule has 0 unspecified atom stereocenters. The Bertz CT molecular complexity index is 413. The maximum absolute atomic E-state index is 12.5. The molecule has 1 fully saturated rings. The minimum absolute atomic E-state index is 0.155. The summed E-state index contributed by atoms with van der Waals surface area (Å²) in [5, 5.41) is 6.93. The van der Waals surface area contributed by atoms with Crippen LogP contribution in [0.25, 0.3) is 0 Å². The van der Waals surface area contributed by atoms with Crippen molar-refractivity contribution in [2.45, 2.75) is 52.4 Å². The van der Waals surface area contributed by atoms with Crippen LogP contribution in [0.15, 0.2) is 6.20 Å². The van der Waals surface area contributed by atoms with Gasteiger partial charge in [-0.2, -0.15) is 5.10 Å². The highest BCUT2D eigenvalue weighted by molar-refractivity contribution is 5.95. The molecule has 4 heteroatoms. The van der Waals surface area contributed by atoms with Crippen molar-refractivity contribution in [3.05, 3.63) is 17.5 Å². The molecule has 0 aliphatic carbocycles. The number of carbonyl (C=O) groups is 1. The highest BCUT2D eigenvalue weighted by Crippen LogP contribution is 2.23. The van der Waals surface area contributed by atoms with Gasteiger partial charge in [0.05, 0.1) is 11.8 Å². The van der Waals surface area contributed by atoms with Gasteiger partial charge in [0.1, 0.15) is 0 Å². The Morgan fingerprint density at radius 2 is 2.26 bits per heavy atom. The number of likely N-dealkylation sites (tertiary alicyclic amines) is 1. The van der Waals surface area contributed by atoms with E-state index >= 15 is 0 Å². The molecule has 1 saturated heterocycles. The van der Waals surface area contributed by atoms with Crippen molar-refractivity contribution < 1.29 is 4.79 Å². The molecule has 2 heterocycles. The Hall–Kier alpha value is -1.32. The van der Waals surface area contributed by atoms with Crippen molar-refractivity contribution >= 4 is 5.91 Å². The molecule has 1 aliphatic rings. The summed E-state index contributed by atoms with van der Waals surface area (Å²) in [5.41, 5.74) is 1.72. The van der Waals surface area contributed by atoms with Crippen molar-refractivity contribution in [2.24, 2.45) is 5.92 Å². The molecule has 1 aromatic rings. The Balaban J connectivity index is 2.00. The van der Waals surface area contributed by atoms with E-state index in [1.165, 1.54) is 19.3 Å². The minimum atomic E-state index is 0.155. The molecule has 1 amide bonds. The van der Waals surface area contributed by atoms with E-state index in [1.807, 2.05) is 11.8 Å². The van der Waals surface area contributed by atoms with Crippen LogP contribution in [0, 0.1) is 5.92 Å². The average molecular weight is 263 g/mol. The van der Waals surface area contributed by atoms with E-state index in [-0.39, 0.29) is 5.91 Å². The topological polar surface area (TPSA) is 49.0 Å². The zero-order chi connectivity index (χ0) is 13.7. The van der Waals surface area contributed by atoms with Crippen molar-refractivity contribution in [3.63, 3.8) is 0 Å². The number of nitrogens with zero attached hydrogens (tertiary/aromatic N) is 2. The fourth-order valence-corrected chi connectivity index (χ4v) is 3.00. The zero-order valence-corrected chi connectivity index (χ0v) is 12.1. The summed E-state index contributed by atoms with van der Waals surface area (Å²) >= 11 is 0. The second-order valence-corrected chi connectivity index (χ2v) is 5.49. The summed E-state index contributed by atoms with van der Waals surface area (Å²) in [7, 11) is 0. The van der Waals surface area contributed by atoms with E-state index in [2.05, 4.69) is 17.1 Å². The third kappa shape index (κ3) is 3.37. The van der Waals surface area contributed by atoms with Crippen LogP contribution in [0.3, 0.4) is 0 Å². The fraction of sp³-hybridized carbons (Fsp3) is 0.733. The molecule has 1 aliphatic heterocycles. The number of carbonyl (C=O) groups excluding carboxylic acids is 1. The van der Waals surface area contributed by atoms with E-state index in [1.54, 1.807) is 6.20 Å². The third-order valence-corrected chi connectivity index (χ3v) is 4.13.